The third-order valence-corrected chi connectivity index (χ3v) is 9.57. The molecule has 0 bridgehead atoms. The largest absolute Gasteiger partial charge is 0.438 e. The molecule has 0 radical (unpaired) electrons. The van der Waals surface area contributed by atoms with Gasteiger partial charge in [-0.1, -0.05) is 103 Å². The number of furan rings is 1. The van der Waals surface area contributed by atoms with Gasteiger partial charge in [-0.05, 0) is 83.9 Å². The minimum atomic E-state index is 0.651. The van der Waals surface area contributed by atoms with Gasteiger partial charge in [0.05, 0.1) is 16.6 Å². The van der Waals surface area contributed by atoms with Crippen molar-refractivity contribution in [3.63, 3.8) is 0 Å². The highest BCUT2D eigenvalue weighted by Gasteiger charge is 2.19. The number of pyridine rings is 1. The topological polar surface area (TPSA) is 34.2 Å². The monoisotopic (exact) mass is 627 g/mol. The van der Waals surface area contributed by atoms with E-state index in [1.807, 2.05) is 12.1 Å². The standard InChI is InChI=1S/C45H29N3O/c1-3-11-30(12-4-1)31-19-21-34(22-20-31)47(35-24-26-44-39(28-35)40-27-32-13-7-9-17-41(32)46-45(40)49-44)36-23-25-38-37-16-8-10-18-42(37)48(43(38)29-36)33-14-5-2-6-15-33/h1-29H. The highest BCUT2D eigenvalue weighted by atomic mass is 16.3. The van der Waals surface area contributed by atoms with Crippen LogP contribution < -0.4 is 4.90 Å². The van der Waals surface area contributed by atoms with Crippen LogP contribution in [-0.4, -0.2) is 9.55 Å². The lowest BCUT2D eigenvalue weighted by molar-refractivity contribution is 0.656. The van der Waals surface area contributed by atoms with Crippen LogP contribution in [0.5, 0.6) is 0 Å². The van der Waals surface area contributed by atoms with E-state index >= 15 is 0 Å². The van der Waals surface area contributed by atoms with Crippen LogP contribution in [0.1, 0.15) is 0 Å². The van der Waals surface area contributed by atoms with E-state index in [0.717, 1.165) is 55.5 Å². The maximum atomic E-state index is 6.29. The van der Waals surface area contributed by atoms with Crippen LogP contribution in [-0.2, 0) is 0 Å². The molecular formula is C45H29N3O. The summed E-state index contributed by atoms with van der Waals surface area (Å²) >= 11 is 0. The lowest BCUT2D eigenvalue weighted by Crippen LogP contribution is -2.10. The van der Waals surface area contributed by atoms with Gasteiger partial charge in [0.2, 0.25) is 5.71 Å². The van der Waals surface area contributed by atoms with Gasteiger partial charge in [0.15, 0.2) is 0 Å². The van der Waals surface area contributed by atoms with Gasteiger partial charge in [-0.3, -0.25) is 0 Å². The van der Waals surface area contributed by atoms with Crippen LogP contribution in [0.15, 0.2) is 180 Å². The average Bonchev–Trinajstić information content (AvgIpc) is 3.69. The molecule has 10 rings (SSSR count). The Balaban J connectivity index is 1.20. The second-order valence-corrected chi connectivity index (χ2v) is 12.5. The minimum absolute atomic E-state index is 0.651. The third-order valence-electron chi connectivity index (χ3n) is 9.57. The highest BCUT2D eigenvalue weighted by molar-refractivity contribution is 6.11. The number of hydrogen-bond donors (Lipinski definition) is 0. The third kappa shape index (κ3) is 4.49. The molecule has 0 unspecified atom stereocenters. The van der Waals surface area contributed by atoms with E-state index < -0.39 is 0 Å². The Morgan fingerprint density at radius 3 is 1.96 bits per heavy atom. The molecule has 4 nitrogen and oxygen atoms in total. The zero-order valence-corrected chi connectivity index (χ0v) is 26.5. The second kappa shape index (κ2) is 11.0. The van der Waals surface area contributed by atoms with Crippen LogP contribution in [0.2, 0.25) is 0 Å². The number of hydrogen-bond acceptors (Lipinski definition) is 3. The van der Waals surface area contributed by atoms with Crippen molar-refractivity contribution < 1.29 is 4.42 Å². The van der Waals surface area contributed by atoms with Crippen molar-refractivity contribution in [2.75, 3.05) is 4.90 Å². The van der Waals surface area contributed by atoms with E-state index in [1.54, 1.807) is 0 Å². The smallest absolute Gasteiger partial charge is 0.227 e. The maximum Gasteiger partial charge on any atom is 0.227 e. The van der Waals surface area contributed by atoms with Gasteiger partial charge in [0, 0.05) is 49.7 Å². The van der Waals surface area contributed by atoms with Crippen molar-refractivity contribution in [2.24, 2.45) is 0 Å². The molecule has 3 aromatic heterocycles. The summed E-state index contributed by atoms with van der Waals surface area (Å²) < 4.78 is 8.66. The SMILES string of the molecule is c1ccc(-c2ccc(N(c3ccc4oc5nc6ccccc6cc5c4c3)c3ccc4c5ccccc5n(-c5ccccc5)c4c3)cc2)cc1. The van der Waals surface area contributed by atoms with Crippen LogP contribution in [0, 0.1) is 0 Å². The Labute approximate surface area is 282 Å². The Bertz CT molecular complexity index is 2820. The fourth-order valence-corrected chi connectivity index (χ4v) is 7.26. The molecule has 3 heterocycles. The number of rotatable bonds is 5. The Morgan fingerprint density at radius 1 is 0.449 bits per heavy atom. The Hall–Kier alpha value is -6.65. The van der Waals surface area contributed by atoms with Crippen molar-refractivity contribution in [1.82, 2.24) is 9.55 Å². The first-order valence-corrected chi connectivity index (χ1v) is 16.5. The molecule has 0 atom stereocenters. The summed E-state index contributed by atoms with van der Waals surface area (Å²) in [5, 5.41) is 5.59. The number of fused-ring (bicyclic) bond motifs is 7. The molecule has 4 heteroatoms. The van der Waals surface area contributed by atoms with Crippen molar-refractivity contribution in [3.8, 4) is 16.8 Å². The number of aromatic nitrogens is 2. The first kappa shape index (κ1) is 27.5. The Kier molecular flexibility index (Phi) is 6.15. The zero-order chi connectivity index (χ0) is 32.3. The molecule has 0 amide bonds. The van der Waals surface area contributed by atoms with Crippen LogP contribution in [0.3, 0.4) is 0 Å². The summed E-state index contributed by atoms with van der Waals surface area (Å²) in [4.78, 5) is 7.20. The predicted molar refractivity (Wildman–Crippen MR) is 203 cm³/mol. The number of anilines is 3. The predicted octanol–water partition coefficient (Wildman–Crippen LogP) is 12.4. The summed E-state index contributed by atoms with van der Waals surface area (Å²) in [6.07, 6.45) is 0. The van der Waals surface area contributed by atoms with E-state index in [2.05, 4.69) is 173 Å². The van der Waals surface area contributed by atoms with Crippen molar-refractivity contribution >= 4 is 71.8 Å². The molecule has 0 aliphatic heterocycles. The van der Waals surface area contributed by atoms with Crippen LogP contribution in [0.4, 0.5) is 17.1 Å². The van der Waals surface area contributed by atoms with Gasteiger partial charge in [-0.15, -0.1) is 0 Å². The van der Waals surface area contributed by atoms with Crippen molar-refractivity contribution in [1.29, 1.82) is 0 Å². The van der Waals surface area contributed by atoms with Gasteiger partial charge < -0.3 is 13.9 Å². The number of benzene rings is 7. The van der Waals surface area contributed by atoms with E-state index in [-0.39, 0.29) is 0 Å². The van der Waals surface area contributed by atoms with E-state index in [0.29, 0.717) is 5.71 Å². The van der Waals surface area contributed by atoms with E-state index in [9.17, 15) is 0 Å². The van der Waals surface area contributed by atoms with Crippen LogP contribution in [0.25, 0.3) is 71.6 Å². The summed E-state index contributed by atoms with van der Waals surface area (Å²) in [5.74, 6) is 0. The normalized spacial score (nSPS) is 11.7. The van der Waals surface area contributed by atoms with Crippen molar-refractivity contribution in [3.05, 3.63) is 176 Å². The van der Waals surface area contributed by atoms with E-state index in [1.165, 1.54) is 27.4 Å². The molecule has 0 fully saturated rings. The number of nitrogens with zero attached hydrogens (tertiary/aromatic N) is 3. The second-order valence-electron chi connectivity index (χ2n) is 12.5. The fraction of sp³-hybridized carbons (Fsp3) is 0. The molecule has 230 valence electrons. The fourth-order valence-electron chi connectivity index (χ4n) is 7.26. The molecular weight excluding hydrogens is 599 g/mol. The lowest BCUT2D eigenvalue weighted by atomic mass is 10.0. The molecule has 0 aliphatic rings. The minimum Gasteiger partial charge on any atom is -0.438 e. The first-order valence-electron chi connectivity index (χ1n) is 16.5. The summed E-state index contributed by atoms with van der Waals surface area (Å²) in [6, 6.07) is 62.3. The van der Waals surface area contributed by atoms with E-state index in [4.69, 9.17) is 9.40 Å². The molecule has 10 aromatic rings. The van der Waals surface area contributed by atoms with Crippen molar-refractivity contribution in [2.45, 2.75) is 0 Å². The molecule has 0 aliphatic carbocycles. The lowest BCUT2D eigenvalue weighted by Gasteiger charge is -2.26. The molecule has 7 aromatic carbocycles. The molecule has 0 N–H and O–H groups in total. The molecule has 0 saturated heterocycles. The quantitative estimate of drug-likeness (QED) is 0.190. The summed E-state index contributed by atoms with van der Waals surface area (Å²) in [6.45, 7) is 0. The molecule has 0 spiro atoms. The van der Waals surface area contributed by atoms with Gasteiger partial charge >= 0.3 is 0 Å². The van der Waals surface area contributed by atoms with Gasteiger partial charge in [0.1, 0.15) is 5.58 Å². The first-order chi connectivity index (χ1) is 24.3. The summed E-state index contributed by atoms with van der Waals surface area (Å²) in [7, 11) is 0. The van der Waals surface area contributed by atoms with Gasteiger partial charge in [-0.25, -0.2) is 4.98 Å². The number of para-hydroxylation sites is 3. The Morgan fingerprint density at radius 2 is 1.10 bits per heavy atom. The maximum absolute atomic E-state index is 6.29. The van der Waals surface area contributed by atoms with Crippen LogP contribution >= 0.6 is 0 Å². The average molecular weight is 628 g/mol. The van der Waals surface area contributed by atoms with Gasteiger partial charge in [0.25, 0.3) is 0 Å². The molecule has 49 heavy (non-hydrogen) atoms. The highest BCUT2D eigenvalue weighted by Crippen LogP contribution is 2.42. The summed E-state index contributed by atoms with van der Waals surface area (Å²) in [5.41, 5.74) is 11.4. The van der Waals surface area contributed by atoms with Gasteiger partial charge in [-0.2, -0.15) is 0 Å². The zero-order valence-electron chi connectivity index (χ0n) is 26.5. The molecule has 0 saturated carbocycles.